The lowest BCUT2D eigenvalue weighted by atomic mass is 10.1. The largest absolute Gasteiger partial charge is 0.480 e. The third kappa shape index (κ3) is 3.80. The third-order valence-electron chi connectivity index (χ3n) is 2.84. The molecule has 98 valence electrons. The van der Waals surface area contributed by atoms with Crippen LogP contribution < -0.4 is 5.32 Å². The number of hydrogen-bond donors (Lipinski definition) is 2. The molecule has 2 atom stereocenters. The van der Waals surface area contributed by atoms with Crippen molar-refractivity contribution in [3.05, 3.63) is 0 Å². The number of carbonyl (C=O) groups is 2. The molecule has 0 bridgehead atoms. The standard InChI is InChI=1S/C11H20N2O3S/c1-7(2)9(10(14)15)12-11(16)13-4-5-17-6-8(13)3/h7-9H,4-6H2,1-3H3,(H,12,16)(H,14,15). The van der Waals surface area contributed by atoms with E-state index >= 15 is 0 Å². The van der Waals surface area contributed by atoms with Crippen molar-refractivity contribution in [3.63, 3.8) is 0 Å². The van der Waals surface area contributed by atoms with Crippen LogP contribution in [0.25, 0.3) is 0 Å². The molecule has 0 aromatic rings. The van der Waals surface area contributed by atoms with Gasteiger partial charge in [0.2, 0.25) is 0 Å². The van der Waals surface area contributed by atoms with Crippen molar-refractivity contribution in [1.29, 1.82) is 0 Å². The first-order valence-corrected chi connectivity index (χ1v) is 6.96. The van der Waals surface area contributed by atoms with E-state index in [1.165, 1.54) is 0 Å². The summed E-state index contributed by atoms with van der Waals surface area (Å²) in [6.45, 7) is 6.24. The van der Waals surface area contributed by atoms with Crippen molar-refractivity contribution < 1.29 is 14.7 Å². The van der Waals surface area contributed by atoms with E-state index in [0.717, 1.165) is 11.5 Å². The van der Waals surface area contributed by atoms with E-state index in [4.69, 9.17) is 5.11 Å². The smallest absolute Gasteiger partial charge is 0.326 e. The number of urea groups is 1. The summed E-state index contributed by atoms with van der Waals surface area (Å²) in [6.07, 6.45) is 0. The second-order valence-corrected chi connectivity index (χ2v) is 5.78. The summed E-state index contributed by atoms with van der Waals surface area (Å²) < 4.78 is 0. The normalized spacial score (nSPS) is 22.4. The van der Waals surface area contributed by atoms with Crippen LogP contribution in [-0.4, -0.2) is 52.1 Å². The summed E-state index contributed by atoms with van der Waals surface area (Å²) in [4.78, 5) is 24.7. The predicted molar refractivity (Wildman–Crippen MR) is 68.3 cm³/mol. The first-order chi connectivity index (χ1) is 7.93. The van der Waals surface area contributed by atoms with Crippen LogP contribution in [0.1, 0.15) is 20.8 Å². The molecule has 0 aromatic heterocycles. The molecule has 17 heavy (non-hydrogen) atoms. The summed E-state index contributed by atoms with van der Waals surface area (Å²) in [5.41, 5.74) is 0. The van der Waals surface area contributed by atoms with E-state index in [-0.39, 0.29) is 18.0 Å². The average Bonchev–Trinajstić information content (AvgIpc) is 2.25. The lowest BCUT2D eigenvalue weighted by molar-refractivity contribution is -0.140. The summed E-state index contributed by atoms with van der Waals surface area (Å²) in [7, 11) is 0. The van der Waals surface area contributed by atoms with Crippen LogP contribution in [0.4, 0.5) is 4.79 Å². The van der Waals surface area contributed by atoms with Crippen LogP contribution in [0.5, 0.6) is 0 Å². The van der Waals surface area contributed by atoms with E-state index in [1.807, 2.05) is 18.7 Å². The number of nitrogens with zero attached hydrogens (tertiary/aromatic N) is 1. The Kier molecular flexibility index (Phi) is 5.11. The molecule has 1 fully saturated rings. The molecule has 2 N–H and O–H groups in total. The van der Waals surface area contributed by atoms with Crippen molar-refractivity contribution in [2.24, 2.45) is 5.92 Å². The predicted octanol–water partition coefficient (Wildman–Crippen LogP) is 1.24. The van der Waals surface area contributed by atoms with Gasteiger partial charge >= 0.3 is 12.0 Å². The van der Waals surface area contributed by atoms with Gasteiger partial charge in [0, 0.05) is 24.1 Å². The summed E-state index contributed by atoms with van der Waals surface area (Å²) in [6, 6.07) is -0.918. The number of thioether (sulfide) groups is 1. The molecule has 1 heterocycles. The molecule has 5 nitrogen and oxygen atoms in total. The Morgan fingerprint density at radius 1 is 1.47 bits per heavy atom. The number of nitrogens with one attached hydrogen (secondary N) is 1. The Balaban J connectivity index is 2.60. The minimum Gasteiger partial charge on any atom is -0.480 e. The number of amides is 2. The molecule has 1 saturated heterocycles. The molecule has 2 unspecified atom stereocenters. The second-order valence-electron chi connectivity index (χ2n) is 4.63. The zero-order chi connectivity index (χ0) is 13.0. The fraction of sp³-hybridized carbons (Fsp3) is 0.818. The number of carbonyl (C=O) groups excluding carboxylic acids is 1. The van der Waals surface area contributed by atoms with Crippen LogP contribution in [0.3, 0.4) is 0 Å². The van der Waals surface area contributed by atoms with Crippen LogP contribution in [0, 0.1) is 5.92 Å². The Morgan fingerprint density at radius 3 is 2.59 bits per heavy atom. The molecular formula is C11H20N2O3S. The SMILES string of the molecule is CC(C)C(NC(=O)N1CCSCC1C)C(=O)O. The first-order valence-electron chi connectivity index (χ1n) is 5.81. The summed E-state index contributed by atoms with van der Waals surface area (Å²) >= 11 is 1.82. The van der Waals surface area contributed by atoms with Gasteiger partial charge in [0.25, 0.3) is 0 Å². The topological polar surface area (TPSA) is 69.6 Å². The third-order valence-corrected chi connectivity index (χ3v) is 4.03. The van der Waals surface area contributed by atoms with Crippen LogP contribution in [-0.2, 0) is 4.79 Å². The van der Waals surface area contributed by atoms with E-state index in [9.17, 15) is 9.59 Å². The molecule has 1 aliphatic heterocycles. The zero-order valence-electron chi connectivity index (χ0n) is 10.5. The van der Waals surface area contributed by atoms with E-state index in [1.54, 1.807) is 18.7 Å². The van der Waals surface area contributed by atoms with Gasteiger partial charge in [0.05, 0.1) is 0 Å². The Hall–Kier alpha value is -0.910. The fourth-order valence-electron chi connectivity index (χ4n) is 1.76. The monoisotopic (exact) mass is 260 g/mol. The first kappa shape index (κ1) is 14.2. The van der Waals surface area contributed by atoms with Crippen molar-refractivity contribution in [2.45, 2.75) is 32.9 Å². The minimum atomic E-state index is -0.979. The highest BCUT2D eigenvalue weighted by Crippen LogP contribution is 2.16. The van der Waals surface area contributed by atoms with E-state index < -0.39 is 12.0 Å². The van der Waals surface area contributed by atoms with Crippen LogP contribution >= 0.6 is 11.8 Å². The molecule has 0 spiro atoms. The minimum absolute atomic E-state index is 0.120. The van der Waals surface area contributed by atoms with Gasteiger partial charge in [-0.05, 0) is 12.8 Å². The molecule has 2 amide bonds. The zero-order valence-corrected chi connectivity index (χ0v) is 11.3. The van der Waals surface area contributed by atoms with Gasteiger partial charge in [0.15, 0.2) is 0 Å². The number of carboxylic acid groups (broad SMARTS) is 1. The highest BCUT2D eigenvalue weighted by Gasteiger charge is 2.29. The summed E-state index contributed by atoms with van der Waals surface area (Å²) in [5.74, 6) is 0.725. The molecule has 0 radical (unpaired) electrons. The Labute approximate surface area is 106 Å². The van der Waals surface area contributed by atoms with Gasteiger partial charge in [-0.3, -0.25) is 0 Å². The van der Waals surface area contributed by atoms with Crippen molar-refractivity contribution in [3.8, 4) is 0 Å². The maximum Gasteiger partial charge on any atom is 0.326 e. The lowest BCUT2D eigenvalue weighted by Gasteiger charge is -2.34. The van der Waals surface area contributed by atoms with Gasteiger partial charge in [-0.1, -0.05) is 13.8 Å². The maximum atomic E-state index is 12.0. The van der Waals surface area contributed by atoms with Crippen LogP contribution in [0.2, 0.25) is 0 Å². The number of hydrogen-bond acceptors (Lipinski definition) is 3. The highest BCUT2D eigenvalue weighted by atomic mass is 32.2. The fourth-order valence-corrected chi connectivity index (χ4v) is 2.77. The quantitative estimate of drug-likeness (QED) is 0.801. The van der Waals surface area contributed by atoms with Crippen molar-refractivity contribution in [2.75, 3.05) is 18.1 Å². The Bertz CT molecular complexity index is 296. The Morgan fingerprint density at radius 2 is 2.12 bits per heavy atom. The van der Waals surface area contributed by atoms with Gasteiger partial charge < -0.3 is 15.3 Å². The molecular weight excluding hydrogens is 240 g/mol. The van der Waals surface area contributed by atoms with E-state index in [2.05, 4.69) is 5.32 Å². The molecule has 1 rings (SSSR count). The molecule has 0 aromatic carbocycles. The van der Waals surface area contributed by atoms with Gasteiger partial charge in [-0.25, -0.2) is 9.59 Å². The van der Waals surface area contributed by atoms with Crippen LogP contribution in [0.15, 0.2) is 0 Å². The van der Waals surface area contributed by atoms with E-state index in [0.29, 0.717) is 6.54 Å². The second kappa shape index (κ2) is 6.14. The van der Waals surface area contributed by atoms with Gasteiger partial charge in [-0.15, -0.1) is 0 Å². The lowest BCUT2D eigenvalue weighted by Crippen LogP contribution is -2.54. The number of rotatable bonds is 3. The number of aliphatic carboxylic acids is 1. The van der Waals surface area contributed by atoms with Crippen molar-refractivity contribution in [1.82, 2.24) is 10.2 Å². The highest BCUT2D eigenvalue weighted by molar-refractivity contribution is 7.99. The van der Waals surface area contributed by atoms with Crippen molar-refractivity contribution >= 4 is 23.8 Å². The summed E-state index contributed by atoms with van der Waals surface area (Å²) in [5, 5.41) is 11.6. The number of carboxylic acids is 1. The maximum absolute atomic E-state index is 12.0. The molecule has 0 aliphatic carbocycles. The average molecular weight is 260 g/mol. The molecule has 1 aliphatic rings. The van der Waals surface area contributed by atoms with Gasteiger partial charge in [-0.2, -0.15) is 11.8 Å². The van der Waals surface area contributed by atoms with Gasteiger partial charge in [0.1, 0.15) is 6.04 Å². The molecule has 6 heteroatoms. The molecule has 0 saturated carbocycles.